The Morgan fingerprint density at radius 1 is 1.29 bits per heavy atom. The SMILES string of the molecule is CC(CCCc1c(C#N)ccc2nc(-c3cccc(C(=N)N)c3)c(=O)[nH]c12)N1C(C)CCCC1C. The lowest BCUT2D eigenvalue weighted by atomic mass is 9.93. The number of amidine groups is 1. The van der Waals surface area contributed by atoms with E-state index in [0.29, 0.717) is 52.3 Å². The van der Waals surface area contributed by atoms with Crippen molar-refractivity contribution in [3.8, 4) is 17.3 Å². The molecule has 1 saturated heterocycles. The molecular weight excluding hydrogens is 436 g/mol. The molecule has 3 aromatic rings. The first-order valence-electron chi connectivity index (χ1n) is 12.5. The molecule has 0 amide bonds. The molecule has 1 aromatic heterocycles. The highest BCUT2D eigenvalue weighted by atomic mass is 16.1. The average molecular weight is 471 g/mol. The minimum Gasteiger partial charge on any atom is -0.384 e. The molecule has 0 bridgehead atoms. The third-order valence-corrected chi connectivity index (χ3v) is 7.36. The number of piperidine rings is 1. The van der Waals surface area contributed by atoms with Crippen molar-refractivity contribution in [2.24, 2.45) is 5.73 Å². The number of aromatic amines is 1. The number of nitrogens with two attached hydrogens (primary N) is 1. The number of nitriles is 1. The summed E-state index contributed by atoms with van der Waals surface area (Å²) in [6.07, 6.45) is 6.47. The van der Waals surface area contributed by atoms with E-state index < -0.39 is 0 Å². The van der Waals surface area contributed by atoms with Gasteiger partial charge >= 0.3 is 0 Å². The van der Waals surface area contributed by atoms with Gasteiger partial charge in [-0.2, -0.15) is 5.26 Å². The van der Waals surface area contributed by atoms with Crippen molar-refractivity contribution in [3.63, 3.8) is 0 Å². The van der Waals surface area contributed by atoms with Gasteiger partial charge in [-0.3, -0.25) is 15.1 Å². The fraction of sp³-hybridized carbons (Fsp3) is 0.429. The van der Waals surface area contributed by atoms with Crippen LogP contribution in [-0.2, 0) is 6.42 Å². The maximum Gasteiger partial charge on any atom is 0.274 e. The number of hydrogen-bond acceptors (Lipinski definition) is 5. The van der Waals surface area contributed by atoms with Crippen LogP contribution in [0, 0.1) is 16.7 Å². The third-order valence-electron chi connectivity index (χ3n) is 7.36. The lowest BCUT2D eigenvalue weighted by molar-refractivity contribution is 0.0580. The molecule has 1 aliphatic heterocycles. The van der Waals surface area contributed by atoms with Gasteiger partial charge in [0.15, 0.2) is 0 Å². The molecule has 7 heteroatoms. The number of aryl methyl sites for hydroxylation is 1. The number of nitrogens with zero attached hydrogens (tertiary/aromatic N) is 3. The van der Waals surface area contributed by atoms with Crippen LogP contribution < -0.4 is 11.3 Å². The smallest absolute Gasteiger partial charge is 0.274 e. The monoisotopic (exact) mass is 470 g/mol. The summed E-state index contributed by atoms with van der Waals surface area (Å²) in [4.78, 5) is 23.3. The second-order valence-electron chi connectivity index (χ2n) is 9.82. The minimum atomic E-state index is -0.320. The predicted molar refractivity (Wildman–Crippen MR) is 141 cm³/mol. The van der Waals surface area contributed by atoms with E-state index in [-0.39, 0.29) is 17.1 Å². The Bertz CT molecular complexity index is 1330. The van der Waals surface area contributed by atoms with E-state index in [0.717, 1.165) is 18.4 Å². The molecule has 2 aromatic carbocycles. The summed E-state index contributed by atoms with van der Waals surface area (Å²) in [7, 11) is 0. The van der Waals surface area contributed by atoms with Crippen LogP contribution >= 0.6 is 0 Å². The van der Waals surface area contributed by atoms with Gasteiger partial charge in [0.1, 0.15) is 11.5 Å². The highest BCUT2D eigenvalue weighted by Crippen LogP contribution is 2.28. The zero-order chi connectivity index (χ0) is 25.1. The number of aromatic nitrogens is 2. The number of benzene rings is 2. The summed E-state index contributed by atoms with van der Waals surface area (Å²) in [5, 5.41) is 17.4. The van der Waals surface area contributed by atoms with E-state index in [9.17, 15) is 10.1 Å². The Labute approximate surface area is 206 Å². The van der Waals surface area contributed by atoms with Crippen molar-refractivity contribution >= 4 is 16.9 Å². The first-order valence-corrected chi connectivity index (χ1v) is 12.5. The Morgan fingerprint density at radius 2 is 2.03 bits per heavy atom. The number of H-pyrrole nitrogens is 1. The molecule has 4 N–H and O–H groups in total. The van der Waals surface area contributed by atoms with Crippen LogP contribution in [0.15, 0.2) is 41.2 Å². The first-order chi connectivity index (χ1) is 16.8. The maximum atomic E-state index is 13.0. The van der Waals surface area contributed by atoms with Gasteiger partial charge < -0.3 is 10.7 Å². The quantitative estimate of drug-likeness (QED) is 0.341. The van der Waals surface area contributed by atoms with Gasteiger partial charge in [-0.05, 0) is 76.6 Å². The Balaban J connectivity index is 1.61. The molecule has 182 valence electrons. The van der Waals surface area contributed by atoms with Gasteiger partial charge in [0, 0.05) is 29.3 Å². The van der Waals surface area contributed by atoms with Gasteiger partial charge in [-0.25, -0.2) is 4.98 Å². The number of rotatable bonds is 7. The Kier molecular flexibility index (Phi) is 7.32. The molecule has 2 heterocycles. The van der Waals surface area contributed by atoms with Gasteiger partial charge in [-0.15, -0.1) is 0 Å². The molecule has 0 radical (unpaired) electrons. The number of hydrogen-bond donors (Lipinski definition) is 3. The van der Waals surface area contributed by atoms with Crippen molar-refractivity contribution in [2.75, 3.05) is 0 Å². The van der Waals surface area contributed by atoms with Crippen molar-refractivity contribution in [1.82, 2.24) is 14.9 Å². The van der Waals surface area contributed by atoms with Crippen molar-refractivity contribution in [2.45, 2.75) is 77.4 Å². The van der Waals surface area contributed by atoms with Crippen LogP contribution in [0.5, 0.6) is 0 Å². The van der Waals surface area contributed by atoms with Crippen molar-refractivity contribution in [1.29, 1.82) is 10.7 Å². The van der Waals surface area contributed by atoms with Crippen molar-refractivity contribution in [3.05, 3.63) is 63.4 Å². The fourth-order valence-electron chi connectivity index (χ4n) is 5.64. The summed E-state index contributed by atoms with van der Waals surface area (Å²) in [5.41, 5.74) is 9.42. The van der Waals surface area contributed by atoms with E-state index >= 15 is 0 Å². The maximum absolute atomic E-state index is 13.0. The number of nitrogen functional groups attached to an aromatic ring is 1. The van der Waals surface area contributed by atoms with Crippen LogP contribution in [0.4, 0.5) is 0 Å². The third kappa shape index (κ3) is 5.13. The zero-order valence-corrected chi connectivity index (χ0v) is 20.8. The molecule has 0 saturated carbocycles. The summed E-state index contributed by atoms with van der Waals surface area (Å²) in [5.74, 6) is -0.0624. The number of nitrogens with one attached hydrogen (secondary N) is 2. The first kappa shape index (κ1) is 24.6. The normalized spacial score (nSPS) is 19.4. The lowest BCUT2D eigenvalue weighted by Crippen LogP contribution is -2.48. The molecular formula is C28H34N6O. The molecule has 4 rings (SSSR count). The topological polar surface area (TPSA) is 123 Å². The molecule has 0 spiro atoms. The van der Waals surface area contributed by atoms with Crippen LogP contribution in [0.25, 0.3) is 22.3 Å². The van der Waals surface area contributed by atoms with Gasteiger partial charge in [0.05, 0.1) is 22.7 Å². The predicted octanol–water partition coefficient (Wildman–Crippen LogP) is 4.72. The standard InChI is InChI=1S/C28H34N6O/c1-17-7-4-8-18(2)34(17)19(3)9-5-12-23-22(16-29)13-14-24-26(23)33-28(35)25(32-24)20-10-6-11-21(15-20)27(30)31/h6,10-11,13-15,17-19H,4-5,7-9,12H2,1-3H3,(H3,30,31)(H,33,35). The van der Waals surface area contributed by atoms with Crippen LogP contribution in [0.1, 0.15) is 69.6 Å². The molecule has 1 fully saturated rings. The molecule has 3 unspecified atom stereocenters. The molecule has 7 nitrogen and oxygen atoms in total. The Morgan fingerprint density at radius 3 is 2.71 bits per heavy atom. The lowest BCUT2D eigenvalue weighted by Gasteiger charge is -2.43. The van der Waals surface area contributed by atoms with Crippen LogP contribution in [0.3, 0.4) is 0 Å². The number of fused-ring (bicyclic) bond motifs is 1. The second-order valence-corrected chi connectivity index (χ2v) is 9.82. The zero-order valence-electron chi connectivity index (χ0n) is 20.8. The molecule has 1 aliphatic rings. The summed E-state index contributed by atoms with van der Waals surface area (Å²) >= 11 is 0. The second kappa shape index (κ2) is 10.4. The minimum absolute atomic E-state index is 0.0624. The van der Waals surface area contributed by atoms with Gasteiger partial charge in [0.2, 0.25) is 0 Å². The van der Waals surface area contributed by atoms with E-state index in [2.05, 4.69) is 41.7 Å². The van der Waals surface area contributed by atoms with E-state index in [1.165, 1.54) is 19.3 Å². The van der Waals surface area contributed by atoms with Gasteiger partial charge in [0.25, 0.3) is 5.56 Å². The molecule has 35 heavy (non-hydrogen) atoms. The van der Waals surface area contributed by atoms with E-state index in [4.69, 9.17) is 11.1 Å². The van der Waals surface area contributed by atoms with Crippen molar-refractivity contribution < 1.29 is 0 Å². The molecule has 0 aliphatic carbocycles. The summed E-state index contributed by atoms with van der Waals surface area (Å²) in [6, 6.07) is 14.5. The summed E-state index contributed by atoms with van der Waals surface area (Å²) in [6.45, 7) is 6.95. The highest BCUT2D eigenvalue weighted by Gasteiger charge is 2.28. The van der Waals surface area contributed by atoms with E-state index in [1.807, 2.05) is 0 Å². The highest BCUT2D eigenvalue weighted by molar-refractivity contribution is 5.96. The summed E-state index contributed by atoms with van der Waals surface area (Å²) < 4.78 is 0. The van der Waals surface area contributed by atoms with Gasteiger partial charge in [-0.1, -0.05) is 24.6 Å². The largest absolute Gasteiger partial charge is 0.384 e. The van der Waals surface area contributed by atoms with Crippen LogP contribution in [0.2, 0.25) is 0 Å². The fourth-order valence-corrected chi connectivity index (χ4v) is 5.64. The number of likely N-dealkylation sites (tertiary alicyclic amines) is 1. The average Bonchev–Trinajstić information content (AvgIpc) is 2.83. The molecule has 3 atom stereocenters. The van der Waals surface area contributed by atoms with Crippen LogP contribution in [-0.4, -0.2) is 38.8 Å². The van der Waals surface area contributed by atoms with E-state index in [1.54, 1.807) is 36.4 Å². The Hall–Kier alpha value is -3.50.